The van der Waals surface area contributed by atoms with Crippen LogP contribution in [0.2, 0.25) is 0 Å². The Morgan fingerprint density at radius 3 is 2.50 bits per heavy atom. The van der Waals surface area contributed by atoms with Crippen LogP contribution in [0.5, 0.6) is 0 Å². The molecule has 0 radical (unpaired) electrons. The number of halogens is 1. The highest BCUT2D eigenvalue weighted by Gasteiger charge is 2.61. The second kappa shape index (κ2) is 4.93. The topological polar surface area (TPSA) is 97.6 Å². The van der Waals surface area contributed by atoms with Crippen molar-refractivity contribution in [2.75, 3.05) is 4.90 Å². The van der Waals surface area contributed by atoms with E-state index in [4.69, 9.17) is 0 Å². The Morgan fingerprint density at radius 1 is 1.12 bits per heavy atom. The number of ketones is 1. The highest BCUT2D eigenvalue weighted by atomic mass is 19.1. The molecule has 1 heterocycles. The molecule has 0 aromatic heterocycles. The summed E-state index contributed by atoms with van der Waals surface area (Å²) in [6.07, 6.45) is 1.64. The summed E-state index contributed by atoms with van der Waals surface area (Å²) in [6.45, 7) is 0. The number of carbonyl (C=O) groups is 3. The van der Waals surface area contributed by atoms with E-state index in [0.717, 1.165) is 23.5 Å². The Labute approximate surface area is 135 Å². The van der Waals surface area contributed by atoms with E-state index in [1.54, 1.807) is 0 Å². The van der Waals surface area contributed by atoms with Crippen molar-refractivity contribution < 1.29 is 23.7 Å². The molecule has 4 atom stereocenters. The molecule has 0 spiro atoms. The molecule has 1 aliphatic heterocycles. The summed E-state index contributed by atoms with van der Waals surface area (Å²) >= 11 is 0. The van der Waals surface area contributed by atoms with Crippen molar-refractivity contribution in [3.63, 3.8) is 0 Å². The van der Waals surface area contributed by atoms with Gasteiger partial charge in [-0.2, -0.15) is 4.39 Å². The molecule has 1 aromatic rings. The fourth-order valence-electron chi connectivity index (χ4n) is 4.42. The van der Waals surface area contributed by atoms with E-state index in [9.17, 15) is 28.9 Å². The highest BCUT2D eigenvalue weighted by Crippen LogP contribution is 2.52. The quantitative estimate of drug-likeness (QED) is 0.467. The maximum Gasteiger partial charge on any atom is 0.306 e. The van der Waals surface area contributed by atoms with Crippen LogP contribution in [0.3, 0.4) is 0 Å². The molecule has 1 aromatic carbocycles. The number of hydrogen-bond acceptors (Lipinski definition) is 5. The van der Waals surface area contributed by atoms with Gasteiger partial charge in [-0.1, -0.05) is 0 Å². The molecule has 4 aliphatic rings. The van der Waals surface area contributed by atoms with E-state index < -0.39 is 46.0 Å². The van der Waals surface area contributed by atoms with Crippen LogP contribution in [0.25, 0.3) is 0 Å². The summed E-state index contributed by atoms with van der Waals surface area (Å²) in [6, 6.07) is 2.95. The maximum atomic E-state index is 13.5. The molecule has 2 bridgehead atoms. The lowest BCUT2D eigenvalue weighted by molar-refractivity contribution is -0.387. The number of nitro groups is 1. The van der Waals surface area contributed by atoms with Crippen LogP contribution >= 0.6 is 0 Å². The number of imide groups is 1. The normalized spacial score (nSPS) is 31.5. The molecule has 7 nitrogen and oxygen atoms in total. The van der Waals surface area contributed by atoms with Crippen LogP contribution in [0.4, 0.5) is 15.8 Å². The first kappa shape index (κ1) is 14.9. The average molecular weight is 332 g/mol. The van der Waals surface area contributed by atoms with Crippen molar-refractivity contribution in [2.45, 2.75) is 19.3 Å². The summed E-state index contributed by atoms with van der Waals surface area (Å²) < 4.78 is 13.5. The third kappa shape index (κ3) is 1.85. The fourth-order valence-corrected chi connectivity index (χ4v) is 4.42. The van der Waals surface area contributed by atoms with Gasteiger partial charge in [0.15, 0.2) is 0 Å². The smallest absolute Gasteiger partial charge is 0.299 e. The van der Waals surface area contributed by atoms with Gasteiger partial charge in [-0.05, 0) is 30.9 Å². The molecule has 3 aliphatic carbocycles. The number of benzene rings is 1. The molecular formula is C16H13FN2O5. The van der Waals surface area contributed by atoms with E-state index in [0.29, 0.717) is 12.8 Å². The number of nitrogens with zero attached hydrogens (tertiary/aromatic N) is 2. The molecule has 1 unspecified atom stereocenters. The van der Waals surface area contributed by atoms with E-state index in [2.05, 4.69) is 0 Å². The van der Waals surface area contributed by atoms with E-state index in [1.807, 2.05) is 0 Å². The van der Waals surface area contributed by atoms with Gasteiger partial charge in [-0.25, -0.2) is 4.90 Å². The van der Waals surface area contributed by atoms with Crippen molar-refractivity contribution in [1.29, 1.82) is 0 Å². The van der Waals surface area contributed by atoms with Gasteiger partial charge < -0.3 is 0 Å². The molecule has 3 saturated carbocycles. The standard InChI is InChI=1S/C16H13FN2O5/c17-10-4-2-8(6-11(10)19(23)24)18-15(21)13-7-1-3-9(12(20)5-7)14(13)16(18)22/h2,4,6-7,9,13-14H,1,3,5H2/t7-,9+,13+,14?/m0/s1. The van der Waals surface area contributed by atoms with Gasteiger partial charge in [0.1, 0.15) is 5.78 Å². The van der Waals surface area contributed by atoms with Crippen molar-refractivity contribution in [1.82, 2.24) is 0 Å². The van der Waals surface area contributed by atoms with Gasteiger partial charge in [0, 0.05) is 18.4 Å². The van der Waals surface area contributed by atoms with Crippen LogP contribution in [0, 0.1) is 39.6 Å². The lowest BCUT2D eigenvalue weighted by atomic mass is 9.59. The minimum absolute atomic E-state index is 0.0144. The van der Waals surface area contributed by atoms with Gasteiger partial charge in [0.2, 0.25) is 17.6 Å². The van der Waals surface area contributed by atoms with Crippen LogP contribution < -0.4 is 4.90 Å². The zero-order valence-corrected chi connectivity index (χ0v) is 12.5. The number of nitro benzene ring substituents is 1. The molecule has 5 rings (SSSR count). The first-order valence-corrected chi connectivity index (χ1v) is 7.74. The van der Waals surface area contributed by atoms with E-state index in [1.165, 1.54) is 6.07 Å². The predicted molar refractivity (Wildman–Crippen MR) is 78.4 cm³/mol. The molecule has 0 N–H and O–H groups in total. The molecule has 4 fully saturated rings. The Balaban J connectivity index is 1.77. The summed E-state index contributed by atoms with van der Waals surface area (Å²) in [5, 5.41) is 10.9. The van der Waals surface area contributed by atoms with Crippen LogP contribution in [0.15, 0.2) is 18.2 Å². The van der Waals surface area contributed by atoms with Crippen molar-refractivity contribution in [3.05, 3.63) is 34.1 Å². The van der Waals surface area contributed by atoms with Gasteiger partial charge >= 0.3 is 5.69 Å². The number of amides is 2. The van der Waals surface area contributed by atoms with Crippen molar-refractivity contribution >= 4 is 29.0 Å². The minimum atomic E-state index is -1.03. The van der Waals surface area contributed by atoms with Crippen LogP contribution in [-0.2, 0) is 14.4 Å². The molecule has 2 amide bonds. The van der Waals surface area contributed by atoms with Crippen LogP contribution in [0.1, 0.15) is 19.3 Å². The first-order chi connectivity index (χ1) is 11.4. The predicted octanol–water partition coefficient (Wildman–Crippen LogP) is 1.84. The van der Waals surface area contributed by atoms with Gasteiger partial charge in [0.05, 0.1) is 22.4 Å². The molecular weight excluding hydrogens is 319 g/mol. The minimum Gasteiger partial charge on any atom is -0.299 e. The number of fused-ring (bicyclic) bond motifs is 2. The zero-order chi connectivity index (χ0) is 17.2. The molecule has 124 valence electrons. The van der Waals surface area contributed by atoms with Gasteiger partial charge in [0.25, 0.3) is 0 Å². The number of rotatable bonds is 2. The number of hydrogen-bond donors (Lipinski definition) is 0. The maximum absolute atomic E-state index is 13.5. The van der Waals surface area contributed by atoms with Gasteiger partial charge in [-0.3, -0.25) is 24.5 Å². The first-order valence-electron chi connectivity index (χ1n) is 7.74. The Hall–Kier alpha value is -2.64. The summed E-state index contributed by atoms with van der Waals surface area (Å²) in [4.78, 5) is 48.4. The average Bonchev–Trinajstić information content (AvgIpc) is 2.81. The molecule has 8 heteroatoms. The van der Waals surface area contributed by atoms with Gasteiger partial charge in [-0.15, -0.1) is 0 Å². The fraction of sp³-hybridized carbons (Fsp3) is 0.438. The number of Topliss-reactive ketones (excluding diaryl/α,β-unsaturated/α-hetero) is 1. The van der Waals surface area contributed by atoms with Crippen molar-refractivity contribution in [2.24, 2.45) is 23.7 Å². The van der Waals surface area contributed by atoms with E-state index >= 15 is 0 Å². The van der Waals surface area contributed by atoms with Crippen molar-refractivity contribution in [3.8, 4) is 0 Å². The summed E-state index contributed by atoms with van der Waals surface area (Å²) in [5.74, 6) is -3.78. The highest BCUT2D eigenvalue weighted by molar-refractivity contribution is 6.23. The number of anilines is 1. The molecule has 1 saturated heterocycles. The Kier molecular flexibility index (Phi) is 3.06. The van der Waals surface area contributed by atoms with Crippen LogP contribution in [-0.4, -0.2) is 22.5 Å². The monoisotopic (exact) mass is 332 g/mol. The zero-order valence-electron chi connectivity index (χ0n) is 12.5. The lowest BCUT2D eigenvalue weighted by Gasteiger charge is -2.41. The summed E-state index contributed by atoms with van der Waals surface area (Å²) in [5.41, 5.74) is -0.804. The lowest BCUT2D eigenvalue weighted by Crippen LogP contribution is -2.46. The van der Waals surface area contributed by atoms with E-state index in [-0.39, 0.29) is 17.4 Å². The second-order valence-corrected chi connectivity index (χ2v) is 6.57. The third-order valence-electron chi connectivity index (χ3n) is 5.45. The second-order valence-electron chi connectivity index (χ2n) is 6.57. The summed E-state index contributed by atoms with van der Waals surface area (Å²) in [7, 11) is 0. The largest absolute Gasteiger partial charge is 0.306 e. The molecule has 24 heavy (non-hydrogen) atoms. The number of carbonyl (C=O) groups excluding carboxylic acids is 3. The Bertz CT molecular complexity index is 808. The SMILES string of the molecule is O=C1C[C@@H]2CC[C@H]1C1C(=O)N(c3ccc(F)c([N+](=O)[O-])c3)C(=O)[C@@H]12. The Morgan fingerprint density at radius 2 is 1.83 bits per heavy atom. The third-order valence-corrected chi connectivity index (χ3v) is 5.45.